The maximum absolute atomic E-state index is 11.3. The molecule has 3 rings (SSSR count). The molecule has 0 unspecified atom stereocenters. The molecule has 1 aromatic heterocycles. The fraction of sp³-hybridized carbons (Fsp3) is 0.412. The van der Waals surface area contributed by atoms with Crippen molar-refractivity contribution >= 4 is 5.95 Å². The summed E-state index contributed by atoms with van der Waals surface area (Å²) < 4.78 is 2.02. The summed E-state index contributed by atoms with van der Waals surface area (Å²) in [5.41, 5.74) is -0.100. The quantitative estimate of drug-likeness (QED) is 0.874. The number of anilines is 1. The van der Waals surface area contributed by atoms with Crippen molar-refractivity contribution in [3.05, 3.63) is 54.4 Å². The molecule has 0 fully saturated rings. The molecular formula is C17H22N3O+. The predicted molar refractivity (Wildman–Crippen MR) is 81.6 cm³/mol. The van der Waals surface area contributed by atoms with Crippen molar-refractivity contribution in [1.82, 2.24) is 4.98 Å². The molecule has 0 spiro atoms. The van der Waals surface area contributed by atoms with E-state index in [2.05, 4.69) is 18.8 Å². The predicted octanol–water partition coefficient (Wildman–Crippen LogP) is 2.08. The van der Waals surface area contributed by atoms with Gasteiger partial charge in [-0.3, -0.25) is 0 Å². The summed E-state index contributed by atoms with van der Waals surface area (Å²) in [6.07, 6.45) is 4.78. The lowest BCUT2D eigenvalue weighted by Gasteiger charge is -2.28. The third kappa shape index (κ3) is 2.51. The Balaban J connectivity index is 2.00. The molecule has 1 atom stereocenters. The molecule has 4 nitrogen and oxygen atoms in total. The Hall–Kier alpha value is -1.94. The van der Waals surface area contributed by atoms with Crippen LogP contribution in [0, 0.1) is 5.92 Å². The van der Waals surface area contributed by atoms with Gasteiger partial charge in [-0.1, -0.05) is 49.2 Å². The highest BCUT2D eigenvalue weighted by Crippen LogP contribution is 2.33. The van der Waals surface area contributed by atoms with Gasteiger partial charge in [0.1, 0.15) is 12.7 Å². The summed E-state index contributed by atoms with van der Waals surface area (Å²) in [6, 6.07) is 11.8. The van der Waals surface area contributed by atoms with Crippen LogP contribution < -0.4 is 9.47 Å². The normalized spacial score (nSPS) is 20.9. The van der Waals surface area contributed by atoms with E-state index >= 15 is 0 Å². The zero-order valence-corrected chi connectivity index (χ0v) is 12.6. The third-order valence-electron chi connectivity index (χ3n) is 4.04. The lowest BCUT2D eigenvalue weighted by molar-refractivity contribution is -0.685. The fourth-order valence-electron chi connectivity index (χ4n) is 2.85. The first-order valence-electron chi connectivity index (χ1n) is 7.51. The molecule has 4 heteroatoms. The summed E-state index contributed by atoms with van der Waals surface area (Å²) in [5.74, 6) is 1.42. The van der Waals surface area contributed by atoms with Crippen LogP contribution in [0.3, 0.4) is 0 Å². The van der Waals surface area contributed by atoms with E-state index in [1.165, 1.54) is 0 Å². The summed E-state index contributed by atoms with van der Waals surface area (Å²) in [7, 11) is 0. The molecule has 2 heterocycles. The second-order valence-electron chi connectivity index (χ2n) is 6.06. The Morgan fingerprint density at radius 1 is 1.29 bits per heavy atom. The van der Waals surface area contributed by atoms with E-state index in [9.17, 15) is 5.11 Å². The van der Waals surface area contributed by atoms with E-state index in [0.717, 1.165) is 24.5 Å². The summed E-state index contributed by atoms with van der Waals surface area (Å²) in [4.78, 5) is 6.50. The van der Waals surface area contributed by atoms with E-state index in [-0.39, 0.29) is 0 Å². The number of hydrogen-bond acceptors (Lipinski definition) is 3. The number of nitrogens with zero attached hydrogens (tertiary/aromatic N) is 3. The molecule has 1 aliphatic heterocycles. The molecule has 2 aromatic rings. The second-order valence-corrected chi connectivity index (χ2v) is 6.06. The third-order valence-corrected chi connectivity index (χ3v) is 4.04. The van der Waals surface area contributed by atoms with E-state index in [0.29, 0.717) is 12.5 Å². The number of fused-ring (bicyclic) bond motifs is 1. The topological polar surface area (TPSA) is 40.2 Å². The molecular weight excluding hydrogens is 262 g/mol. The zero-order chi connectivity index (χ0) is 14.9. The van der Waals surface area contributed by atoms with Crippen molar-refractivity contribution in [1.29, 1.82) is 0 Å². The first-order chi connectivity index (χ1) is 10.1. The van der Waals surface area contributed by atoms with Crippen LogP contribution in [0.5, 0.6) is 0 Å². The zero-order valence-electron chi connectivity index (χ0n) is 12.6. The Labute approximate surface area is 125 Å². The molecule has 110 valence electrons. The monoisotopic (exact) mass is 284 g/mol. The Bertz CT molecular complexity index is 614. The number of aromatic nitrogens is 2. The first-order valence-corrected chi connectivity index (χ1v) is 7.51. The van der Waals surface area contributed by atoms with Gasteiger partial charge < -0.3 is 5.11 Å². The molecule has 0 bridgehead atoms. The number of aliphatic hydroxyl groups is 1. The summed E-state index contributed by atoms with van der Waals surface area (Å²) in [5, 5.41) is 11.3. The molecule has 0 saturated heterocycles. The Morgan fingerprint density at radius 3 is 2.76 bits per heavy atom. The van der Waals surface area contributed by atoms with Crippen LogP contribution in [-0.4, -0.2) is 16.6 Å². The number of rotatable bonds is 4. The SMILES string of the molecule is CC(C)CCN1c2nccc[n+]2C[C@]1(O)c1ccccc1. The van der Waals surface area contributed by atoms with Gasteiger partial charge in [-0.15, -0.1) is 0 Å². The van der Waals surface area contributed by atoms with E-state index < -0.39 is 5.72 Å². The molecule has 0 radical (unpaired) electrons. The van der Waals surface area contributed by atoms with E-state index in [1.807, 2.05) is 52.1 Å². The van der Waals surface area contributed by atoms with Crippen molar-refractivity contribution in [3.63, 3.8) is 0 Å². The number of benzene rings is 1. The first kappa shape index (κ1) is 14.0. The second kappa shape index (κ2) is 5.45. The fourth-order valence-corrected chi connectivity index (χ4v) is 2.85. The summed E-state index contributed by atoms with van der Waals surface area (Å²) in [6.45, 7) is 5.70. The lowest BCUT2D eigenvalue weighted by atomic mass is 10.0. The largest absolute Gasteiger partial charge is 0.396 e. The minimum absolute atomic E-state index is 0.512. The van der Waals surface area contributed by atoms with Crippen molar-refractivity contribution in [2.24, 2.45) is 5.92 Å². The van der Waals surface area contributed by atoms with Crippen LogP contribution in [0.1, 0.15) is 25.8 Å². The van der Waals surface area contributed by atoms with Gasteiger partial charge in [0, 0.05) is 11.6 Å². The maximum Gasteiger partial charge on any atom is 0.396 e. The van der Waals surface area contributed by atoms with Crippen LogP contribution in [-0.2, 0) is 12.3 Å². The molecule has 1 N–H and O–H groups in total. The summed E-state index contributed by atoms with van der Waals surface area (Å²) >= 11 is 0. The Morgan fingerprint density at radius 2 is 2.05 bits per heavy atom. The lowest BCUT2D eigenvalue weighted by Crippen LogP contribution is -2.46. The highest BCUT2D eigenvalue weighted by atomic mass is 16.3. The molecule has 0 amide bonds. The highest BCUT2D eigenvalue weighted by Gasteiger charge is 2.51. The molecule has 0 saturated carbocycles. The Kier molecular flexibility index (Phi) is 3.64. The minimum Gasteiger partial charge on any atom is -0.353 e. The van der Waals surface area contributed by atoms with Crippen molar-refractivity contribution in [2.75, 3.05) is 11.4 Å². The van der Waals surface area contributed by atoms with Gasteiger partial charge in [0.2, 0.25) is 5.72 Å². The van der Waals surface area contributed by atoms with Gasteiger partial charge in [0.05, 0.1) is 12.7 Å². The average Bonchev–Trinajstić information content (AvgIpc) is 2.79. The highest BCUT2D eigenvalue weighted by molar-refractivity contribution is 5.37. The van der Waals surface area contributed by atoms with Gasteiger partial charge in [0.15, 0.2) is 0 Å². The van der Waals surface area contributed by atoms with Gasteiger partial charge in [-0.05, 0) is 12.3 Å². The van der Waals surface area contributed by atoms with Crippen LogP contribution in [0.25, 0.3) is 0 Å². The van der Waals surface area contributed by atoms with Crippen molar-refractivity contribution in [3.8, 4) is 0 Å². The van der Waals surface area contributed by atoms with Crippen molar-refractivity contribution < 1.29 is 9.67 Å². The standard InChI is InChI=1S/C17H22N3O/c1-14(2)9-12-20-16-18-10-6-11-19(16)13-17(20,21)15-7-4-3-5-8-15/h3-8,10-11,14,21H,9,12-13H2,1-2H3/q+1/t17-/m0/s1. The van der Waals surface area contributed by atoms with Crippen LogP contribution in [0.15, 0.2) is 48.8 Å². The number of hydrogen-bond donors (Lipinski definition) is 1. The van der Waals surface area contributed by atoms with Crippen LogP contribution in [0.4, 0.5) is 5.95 Å². The van der Waals surface area contributed by atoms with Gasteiger partial charge in [0.25, 0.3) is 0 Å². The molecule has 21 heavy (non-hydrogen) atoms. The van der Waals surface area contributed by atoms with E-state index in [1.54, 1.807) is 6.20 Å². The molecule has 0 aliphatic carbocycles. The maximum atomic E-state index is 11.3. The van der Waals surface area contributed by atoms with Crippen molar-refractivity contribution in [2.45, 2.75) is 32.5 Å². The minimum atomic E-state index is -1.02. The van der Waals surface area contributed by atoms with Crippen LogP contribution >= 0.6 is 0 Å². The van der Waals surface area contributed by atoms with Crippen LogP contribution in [0.2, 0.25) is 0 Å². The van der Waals surface area contributed by atoms with Gasteiger partial charge in [-0.2, -0.15) is 0 Å². The van der Waals surface area contributed by atoms with E-state index in [4.69, 9.17) is 0 Å². The smallest absolute Gasteiger partial charge is 0.353 e. The van der Waals surface area contributed by atoms with Gasteiger partial charge >= 0.3 is 5.95 Å². The molecule has 1 aliphatic rings. The molecule has 1 aromatic carbocycles. The van der Waals surface area contributed by atoms with Gasteiger partial charge in [-0.25, -0.2) is 9.47 Å². The average molecular weight is 284 g/mol.